The lowest BCUT2D eigenvalue weighted by Crippen LogP contribution is -1.91. The number of aromatic nitrogens is 1. The van der Waals surface area contributed by atoms with Crippen LogP contribution in [-0.4, -0.2) is 4.98 Å². The SMILES string of the molecule is C=CCc1ccc(-c2ccc(C#N)cc2F)nc1. The van der Waals surface area contributed by atoms with Crippen molar-refractivity contribution in [1.29, 1.82) is 5.26 Å². The van der Waals surface area contributed by atoms with Crippen LogP contribution in [0.25, 0.3) is 11.3 Å². The molecule has 0 saturated heterocycles. The Bertz CT molecular complexity index is 609. The Balaban J connectivity index is 2.37. The van der Waals surface area contributed by atoms with E-state index in [1.54, 1.807) is 30.5 Å². The van der Waals surface area contributed by atoms with E-state index in [4.69, 9.17) is 5.26 Å². The summed E-state index contributed by atoms with van der Waals surface area (Å²) in [4.78, 5) is 4.21. The summed E-state index contributed by atoms with van der Waals surface area (Å²) in [5.41, 5.74) is 2.30. The predicted octanol–water partition coefficient (Wildman–Crippen LogP) is 3.49. The van der Waals surface area contributed by atoms with Gasteiger partial charge in [0.1, 0.15) is 5.82 Å². The second kappa shape index (κ2) is 5.24. The fourth-order valence-electron chi connectivity index (χ4n) is 1.66. The zero-order chi connectivity index (χ0) is 13.0. The van der Waals surface area contributed by atoms with E-state index in [1.165, 1.54) is 6.07 Å². The van der Waals surface area contributed by atoms with E-state index < -0.39 is 5.82 Å². The topological polar surface area (TPSA) is 36.7 Å². The maximum Gasteiger partial charge on any atom is 0.133 e. The number of pyridine rings is 1. The molecule has 0 fully saturated rings. The molecule has 1 heterocycles. The van der Waals surface area contributed by atoms with Crippen LogP contribution >= 0.6 is 0 Å². The van der Waals surface area contributed by atoms with Crippen molar-refractivity contribution in [3.63, 3.8) is 0 Å². The second-order valence-corrected chi connectivity index (χ2v) is 3.85. The van der Waals surface area contributed by atoms with Crippen LogP contribution in [0.15, 0.2) is 49.2 Å². The average molecular weight is 238 g/mol. The van der Waals surface area contributed by atoms with Gasteiger partial charge in [0.2, 0.25) is 0 Å². The highest BCUT2D eigenvalue weighted by Crippen LogP contribution is 2.21. The van der Waals surface area contributed by atoms with Gasteiger partial charge in [-0.1, -0.05) is 12.1 Å². The molecular weight excluding hydrogens is 227 g/mol. The van der Waals surface area contributed by atoms with E-state index in [9.17, 15) is 4.39 Å². The molecule has 88 valence electrons. The van der Waals surface area contributed by atoms with E-state index in [0.29, 0.717) is 16.8 Å². The number of hydrogen-bond acceptors (Lipinski definition) is 2. The minimum Gasteiger partial charge on any atom is -0.256 e. The van der Waals surface area contributed by atoms with Gasteiger partial charge in [-0.15, -0.1) is 6.58 Å². The van der Waals surface area contributed by atoms with Crippen molar-refractivity contribution in [2.45, 2.75) is 6.42 Å². The van der Waals surface area contributed by atoms with Crippen molar-refractivity contribution in [3.8, 4) is 17.3 Å². The van der Waals surface area contributed by atoms with E-state index >= 15 is 0 Å². The van der Waals surface area contributed by atoms with Gasteiger partial charge >= 0.3 is 0 Å². The Hall–Kier alpha value is -2.47. The lowest BCUT2D eigenvalue weighted by molar-refractivity contribution is 0.630. The molecule has 2 aromatic rings. The first kappa shape index (κ1) is 12.0. The minimum atomic E-state index is -0.432. The highest BCUT2D eigenvalue weighted by Gasteiger charge is 2.07. The largest absolute Gasteiger partial charge is 0.256 e. The summed E-state index contributed by atoms with van der Waals surface area (Å²) in [6.07, 6.45) is 4.23. The number of allylic oxidation sites excluding steroid dienone is 1. The molecule has 0 aliphatic carbocycles. The van der Waals surface area contributed by atoms with Gasteiger partial charge < -0.3 is 0 Å². The fourth-order valence-corrected chi connectivity index (χ4v) is 1.66. The van der Waals surface area contributed by atoms with Gasteiger partial charge in [0.05, 0.1) is 17.3 Å². The molecule has 18 heavy (non-hydrogen) atoms. The van der Waals surface area contributed by atoms with Crippen LogP contribution in [0, 0.1) is 17.1 Å². The lowest BCUT2D eigenvalue weighted by Gasteiger charge is -2.04. The van der Waals surface area contributed by atoms with E-state index in [0.717, 1.165) is 12.0 Å². The molecule has 0 aliphatic rings. The maximum atomic E-state index is 13.8. The number of nitrogens with zero attached hydrogens (tertiary/aromatic N) is 2. The summed E-state index contributed by atoms with van der Waals surface area (Å²) in [6, 6.07) is 9.93. The molecule has 0 saturated carbocycles. The Labute approximate surface area is 105 Å². The Kier molecular flexibility index (Phi) is 3.49. The summed E-state index contributed by atoms with van der Waals surface area (Å²) in [7, 11) is 0. The molecular formula is C15H11FN2. The monoisotopic (exact) mass is 238 g/mol. The molecule has 1 aromatic heterocycles. The maximum absolute atomic E-state index is 13.8. The quantitative estimate of drug-likeness (QED) is 0.767. The second-order valence-electron chi connectivity index (χ2n) is 3.85. The summed E-state index contributed by atoms with van der Waals surface area (Å²) in [5.74, 6) is -0.432. The Morgan fingerprint density at radius 1 is 1.33 bits per heavy atom. The van der Waals surface area contributed by atoms with Crippen LogP contribution in [0.1, 0.15) is 11.1 Å². The van der Waals surface area contributed by atoms with Crippen LogP contribution in [0.4, 0.5) is 4.39 Å². The first-order valence-corrected chi connectivity index (χ1v) is 5.50. The van der Waals surface area contributed by atoms with Gasteiger partial charge in [0.25, 0.3) is 0 Å². The molecule has 3 heteroatoms. The van der Waals surface area contributed by atoms with Gasteiger partial charge in [-0.25, -0.2) is 4.39 Å². The third-order valence-corrected chi connectivity index (χ3v) is 2.58. The summed E-state index contributed by atoms with van der Waals surface area (Å²) in [6.45, 7) is 3.65. The van der Waals surface area contributed by atoms with Gasteiger partial charge in [0, 0.05) is 11.8 Å². The molecule has 0 aliphatic heterocycles. The molecule has 2 rings (SSSR count). The van der Waals surface area contributed by atoms with E-state index in [-0.39, 0.29) is 0 Å². The number of halogens is 1. The zero-order valence-electron chi connectivity index (χ0n) is 9.73. The van der Waals surface area contributed by atoms with E-state index in [1.807, 2.05) is 12.1 Å². The predicted molar refractivity (Wildman–Crippen MR) is 68.2 cm³/mol. The van der Waals surface area contributed by atoms with Crippen LogP contribution in [-0.2, 0) is 6.42 Å². The van der Waals surface area contributed by atoms with Crippen LogP contribution in [0.5, 0.6) is 0 Å². The Morgan fingerprint density at radius 2 is 2.17 bits per heavy atom. The number of benzene rings is 1. The van der Waals surface area contributed by atoms with Crippen molar-refractivity contribution in [3.05, 3.63) is 66.1 Å². The molecule has 2 nitrogen and oxygen atoms in total. The highest BCUT2D eigenvalue weighted by molar-refractivity contribution is 5.61. The summed E-state index contributed by atoms with van der Waals surface area (Å²) in [5, 5.41) is 8.68. The lowest BCUT2D eigenvalue weighted by atomic mass is 10.1. The summed E-state index contributed by atoms with van der Waals surface area (Å²) < 4.78 is 13.8. The zero-order valence-corrected chi connectivity index (χ0v) is 9.73. The standard InChI is InChI=1S/C15H11FN2/c1-2-3-11-5-7-15(18-10-11)13-6-4-12(9-17)8-14(13)16/h2,4-8,10H,1,3H2. The molecule has 0 N–H and O–H groups in total. The molecule has 0 unspecified atom stereocenters. The van der Waals surface area contributed by atoms with Gasteiger partial charge in [0.15, 0.2) is 0 Å². The van der Waals surface area contributed by atoms with Gasteiger partial charge in [-0.3, -0.25) is 4.98 Å². The van der Waals surface area contributed by atoms with Crippen LogP contribution in [0.2, 0.25) is 0 Å². The molecule has 0 atom stereocenters. The average Bonchev–Trinajstić information content (AvgIpc) is 2.40. The van der Waals surface area contributed by atoms with Gasteiger partial charge in [-0.05, 0) is 36.2 Å². The van der Waals surface area contributed by atoms with Crippen molar-refractivity contribution < 1.29 is 4.39 Å². The fraction of sp³-hybridized carbons (Fsp3) is 0.0667. The van der Waals surface area contributed by atoms with E-state index in [2.05, 4.69) is 11.6 Å². The van der Waals surface area contributed by atoms with Crippen LogP contribution < -0.4 is 0 Å². The highest BCUT2D eigenvalue weighted by atomic mass is 19.1. The number of rotatable bonds is 3. The minimum absolute atomic E-state index is 0.305. The van der Waals surface area contributed by atoms with Gasteiger partial charge in [-0.2, -0.15) is 5.26 Å². The molecule has 0 spiro atoms. The summed E-state index contributed by atoms with van der Waals surface area (Å²) >= 11 is 0. The Morgan fingerprint density at radius 3 is 2.72 bits per heavy atom. The third-order valence-electron chi connectivity index (χ3n) is 2.58. The first-order valence-electron chi connectivity index (χ1n) is 5.50. The van der Waals surface area contributed by atoms with Crippen molar-refractivity contribution in [1.82, 2.24) is 4.98 Å². The van der Waals surface area contributed by atoms with Crippen molar-refractivity contribution >= 4 is 0 Å². The third kappa shape index (κ3) is 2.44. The molecule has 0 bridgehead atoms. The van der Waals surface area contributed by atoms with Crippen molar-refractivity contribution in [2.75, 3.05) is 0 Å². The smallest absolute Gasteiger partial charge is 0.133 e. The number of nitriles is 1. The van der Waals surface area contributed by atoms with Crippen LogP contribution in [0.3, 0.4) is 0 Å². The normalized spacial score (nSPS) is 9.78. The molecule has 1 aromatic carbocycles. The molecule has 0 radical (unpaired) electrons. The van der Waals surface area contributed by atoms with Crippen molar-refractivity contribution in [2.24, 2.45) is 0 Å². The number of hydrogen-bond donors (Lipinski definition) is 0. The molecule has 0 amide bonds. The first-order chi connectivity index (χ1) is 8.74.